The molecule has 0 aliphatic rings. The van der Waals surface area contributed by atoms with Crippen molar-refractivity contribution >= 4 is 29.2 Å². The molecule has 0 N–H and O–H groups in total. The van der Waals surface area contributed by atoms with E-state index in [1.165, 1.54) is 6.92 Å². The summed E-state index contributed by atoms with van der Waals surface area (Å²) < 4.78 is 0. The van der Waals surface area contributed by atoms with Crippen molar-refractivity contribution in [2.45, 2.75) is 23.6 Å². The highest BCUT2D eigenvalue weighted by atomic mass is 32.2. The van der Waals surface area contributed by atoms with E-state index >= 15 is 0 Å². The normalized spacial score (nSPS) is 11.1. The van der Waals surface area contributed by atoms with Gasteiger partial charge in [-0.25, -0.2) is 4.79 Å². The number of benzene rings is 3. The SMILES string of the molecule is CC(=O)O/N=C(\C(=O)c1cccc(Sc2ccccc2)c1)c1ccccc1C. The molecule has 0 amide bonds. The number of carbonyl (C=O) groups is 2. The lowest BCUT2D eigenvalue weighted by molar-refractivity contribution is -0.140. The van der Waals surface area contributed by atoms with E-state index in [0.717, 1.165) is 15.4 Å². The third-order valence-electron chi connectivity index (χ3n) is 3.96. The molecule has 3 aromatic rings. The highest BCUT2D eigenvalue weighted by Crippen LogP contribution is 2.28. The number of Topliss-reactive ketones (excluding diaryl/α,β-unsaturated/α-hetero) is 1. The zero-order valence-electron chi connectivity index (χ0n) is 15.6. The first-order chi connectivity index (χ1) is 13.5. The van der Waals surface area contributed by atoms with Crippen molar-refractivity contribution in [2.75, 3.05) is 0 Å². The highest BCUT2D eigenvalue weighted by Gasteiger charge is 2.20. The van der Waals surface area contributed by atoms with Crippen molar-refractivity contribution in [3.8, 4) is 0 Å². The number of hydrogen-bond acceptors (Lipinski definition) is 5. The molecule has 4 nitrogen and oxygen atoms in total. The Morgan fingerprint density at radius 1 is 0.857 bits per heavy atom. The van der Waals surface area contributed by atoms with Crippen LogP contribution in [0.5, 0.6) is 0 Å². The third-order valence-corrected chi connectivity index (χ3v) is 4.95. The molecule has 0 aliphatic heterocycles. The molecule has 0 saturated heterocycles. The van der Waals surface area contributed by atoms with Gasteiger partial charge in [0.15, 0.2) is 5.71 Å². The summed E-state index contributed by atoms with van der Waals surface area (Å²) in [5, 5.41) is 3.86. The zero-order chi connectivity index (χ0) is 19.9. The molecule has 0 unspecified atom stereocenters. The van der Waals surface area contributed by atoms with Gasteiger partial charge in [0, 0.05) is 27.8 Å². The summed E-state index contributed by atoms with van der Waals surface area (Å²) in [6, 6.07) is 24.6. The summed E-state index contributed by atoms with van der Waals surface area (Å²) in [7, 11) is 0. The van der Waals surface area contributed by atoms with E-state index in [4.69, 9.17) is 4.84 Å². The summed E-state index contributed by atoms with van der Waals surface area (Å²) in [4.78, 5) is 31.2. The Bertz CT molecular complexity index is 1030. The molecule has 0 bridgehead atoms. The standard InChI is InChI=1S/C23H19NO3S/c1-16-9-6-7-14-21(16)22(24-27-17(2)25)23(26)18-10-8-13-20(15-18)28-19-11-4-3-5-12-19/h3-15H,1-2H3/b24-22-. The first-order valence-corrected chi connectivity index (χ1v) is 9.55. The topological polar surface area (TPSA) is 55.7 Å². The molecule has 0 fully saturated rings. The van der Waals surface area contributed by atoms with Gasteiger partial charge in [0.05, 0.1) is 0 Å². The van der Waals surface area contributed by atoms with Crippen LogP contribution in [0.25, 0.3) is 0 Å². The van der Waals surface area contributed by atoms with E-state index in [-0.39, 0.29) is 11.5 Å². The van der Waals surface area contributed by atoms with E-state index < -0.39 is 5.97 Å². The highest BCUT2D eigenvalue weighted by molar-refractivity contribution is 7.99. The predicted octanol–water partition coefficient (Wildman–Crippen LogP) is 5.30. The first kappa shape index (κ1) is 19.6. The maximum atomic E-state index is 13.2. The number of carbonyl (C=O) groups excluding carboxylic acids is 2. The zero-order valence-corrected chi connectivity index (χ0v) is 16.4. The van der Waals surface area contributed by atoms with Gasteiger partial charge in [-0.1, -0.05) is 71.5 Å². The Balaban J connectivity index is 1.95. The molecule has 0 atom stereocenters. The number of rotatable bonds is 6. The van der Waals surface area contributed by atoms with Gasteiger partial charge >= 0.3 is 5.97 Å². The van der Waals surface area contributed by atoms with Gasteiger partial charge < -0.3 is 4.84 Å². The van der Waals surface area contributed by atoms with Crippen LogP contribution in [0.3, 0.4) is 0 Å². The van der Waals surface area contributed by atoms with Crippen LogP contribution in [-0.4, -0.2) is 17.5 Å². The number of hydrogen-bond donors (Lipinski definition) is 0. The second-order valence-corrected chi connectivity index (χ2v) is 7.26. The average molecular weight is 389 g/mol. The van der Waals surface area contributed by atoms with Crippen molar-refractivity contribution in [1.82, 2.24) is 0 Å². The van der Waals surface area contributed by atoms with Crippen LogP contribution in [0.4, 0.5) is 0 Å². The minimum absolute atomic E-state index is 0.107. The number of aryl methyl sites for hydroxylation is 1. The third kappa shape index (κ3) is 4.96. The van der Waals surface area contributed by atoms with Gasteiger partial charge in [-0.2, -0.15) is 0 Å². The summed E-state index contributed by atoms with van der Waals surface area (Å²) >= 11 is 1.57. The van der Waals surface area contributed by atoms with E-state index in [0.29, 0.717) is 11.1 Å². The summed E-state index contributed by atoms with van der Waals surface area (Å²) in [6.45, 7) is 3.13. The van der Waals surface area contributed by atoms with Crippen LogP contribution in [0.2, 0.25) is 0 Å². The van der Waals surface area contributed by atoms with Crippen LogP contribution in [0.15, 0.2) is 93.8 Å². The molecule has 0 aliphatic carbocycles. The number of ketones is 1. The minimum atomic E-state index is -0.577. The largest absolute Gasteiger partial charge is 0.332 e. The lowest BCUT2D eigenvalue weighted by Gasteiger charge is -2.09. The maximum absolute atomic E-state index is 13.2. The molecule has 0 radical (unpaired) electrons. The fourth-order valence-electron chi connectivity index (χ4n) is 2.62. The fourth-order valence-corrected chi connectivity index (χ4v) is 3.52. The number of nitrogens with zero attached hydrogens (tertiary/aromatic N) is 1. The summed E-state index contributed by atoms with van der Waals surface area (Å²) in [6.07, 6.45) is 0. The van der Waals surface area contributed by atoms with Gasteiger partial charge in [0.1, 0.15) is 0 Å². The monoisotopic (exact) mass is 389 g/mol. The fraction of sp³-hybridized carbons (Fsp3) is 0.0870. The van der Waals surface area contributed by atoms with Crippen molar-refractivity contribution in [1.29, 1.82) is 0 Å². The van der Waals surface area contributed by atoms with Gasteiger partial charge in [-0.3, -0.25) is 4.79 Å². The average Bonchev–Trinajstić information content (AvgIpc) is 2.70. The first-order valence-electron chi connectivity index (χ1n) is 8.74. The Morgan fingerprint density at radius 3 is 2.25 bits per heavy atom. The van der Waals surface area contributed by atoms with Gasteiger partial charge in [0.25, 0.3) is 0 Å². The Morgan fingerprint density at radius 2 is 1.54 bits per heavy atom. The van der Waals surface area contributed by atoms with Crippen molar-refractivity contribution in [3.05, 3.63) is 95.6 Å². The van der Waals surface area contributed by atoms with Crippen LogP contribution < -0.4 is 0 Å². The molecular weight excluding hydrogens is 370 g/mol. The Kier molecular flexibility index (Phi) is 6.40. The summed E-state index contributed by atoms with van der Waals surface area (Å²) in [5.41, 5.74) is 2.09. The molecule has 0 spiro atoms. The van der Waals surface area contributed by atoms with Crippen LogP contribution in [0, 0.1) is 6.92 Å². The molecule has 140 valence electrons. The van der Waals surface area contributed by atoms with Gasteiger partial charge in [0.2, 0.25) is 5.78 Å². The van der Waals surface area contributed by atoms with Gasteiger partial charge in [-0.05, 0) is 36.8 Å². The molecular formula is C23H19NO3S. The van der Waals surface area contributed by atoms with Crippen molar-refractivity contribution in [2.24, 2.45) is 5.16 Å². The van der Waals surface area contributed by atoms with E-state index in [2.05, 4.69) is 5.16 Å². The predicted molar refractivity (Wildman–Crippen MR) is 111 cm³/mol. The van der Waals surface area contributed by atoms with Crippen LogP contribution in [-0.2, 0) is 9.63 Å². The van der Waals surface area contributed by atoms with E-state index in [1.54, 1.807) is 23.9 Å². The Hall–Kier alpha value is -3.18. The van der Waals surface area contributed by atoms with Crippen molar-refractivity contribution < 1.29 is 14.4 Å². The minimum Gasteiger partial charge on any atom is -0.318 e. The van der Waals surface area contributed by atoms with Crippen LogP contribution in [0.1, 0.15) is 28.4 Å². The lowest BCUT2D eigenvalue weighted by Crippen LogP contribution is -2.18. The van der Waals surface area contributed by atoms with E-state index in [9.17, 15) is 9.59 Å². The second-order valence-electron chi connectivity index (χ2n) is 6.11. The van der Waals surface area contributed by atoms with E-state index in [1.807, 2.05) is 73.7 Å². The maximum Gasteiger partial charge on any atom is 0.332 e. The van der Waals surface area contributed by atoms with Crippen molar-refractivity contribution in [3.63, 3.8) is 0 Å². The quantitative estimate of drug-likeness (QED) is 0.249. The molecule has 28 heavy (non-hydrogen) atoms. The molecule has 0 aromatic heterocycles. The summed E-state index contributed by atoms with van der Waals surface area (Å²) in [5.74, 6) is -0.877. The lowest BCUT2D eigenvalue weighted by atomic mass is 9.97. The van der Waals surface area contributed by atoms with Gasteiger partial charge in [-0.15, -0.1) is 0 Å². The molecule has 3 aromatic carbocycles. The molecule has 0 heterocycles. The smallest absolute Gasteiger partial charge is 0.318 e. The molecule has 0 saturated carbocycles. The number of oxime groups is 1. The molecule has 5 heteroatoms. The second kappa shape index (κ2) is 9.15. The van der Waals surface area contributed by atoms with Crippen LogP contribution >= 0.6 is 11.8 Å². The molecule has 3 rings (SSSR count). The Labute approximate surface area is 168 Å².